The summed E-state index contributed by atoms with van der Waals surface area (Å²) >= 11 is 0. The third kappa shape index (κ3) is 4.74. The molecule has 2 rings (SSSR count). The zero-order valence-corrected chi connectivity index (χ0v) is 14.4. The summed E-state index contributed by atoms with van der Waals surface area (Å²) in [6.07, 6.45) is -3.95. The Hall–Kier alpha value is -2.58. The third-order valence-corrected chi connectivity index (χ3v) is 4.24. The van der Waals surface area contributed by atoms with Gasteiger partial charge in [-0.2, -0.15) is 13.2 Å². The van der Waals surface area contributed by atoms with Crippen LogP contribution in [-0.4, -0.2) is 48.9 Å². The van der Waals surface area contributed by atoms with Crippen molar-refractivity contribution >= 4 is 17.7 Å². The van der Waals surface area contributed by atoms with Crippen LogP contribution in [0.5, 0.6) is 0 Å². The predicted molar refractivity (Wildman–Crippen MR) is 86.9 cm³/mol. The lowest BCUT2D eigenvalue weighted by molar-refractivity contribution is -0.145. The fraction of sp³-hybridized carbons (Fsp3) is 0.471. The van der Waals surface area contributed by atoms with Crippen molar-refractivity contribution in [3.8, 4) is 0 Å². The molecule has 0 aliphatic carbocycles. The molecule has 1 aliphatic heterocycles. The fourth-order valence-corrected chi connectivity index (χ4v) is 2.66. The molecular formula is C17H20F3N3O3. The van der Waals surface area contributed by atoms with E-state index in [0.717, 1.165) is 5.56 Å². The standard InChI is InChI=1S/C17H20F3N3O3/c1-10(14(24)21-9-17(18,19)20)15(25)22-13-12-6-4-3-5-11(12)7-8-23(2)16(13)26/h3-6,10,13H,7-9H2,1-2H3,(H,21,24)(H,22,25). The van der Waals surface area contributed by atoms with Gasteiger partial charge in [-0.15, -0.1) is 0 Å². The van der Waals surface area contributed by atoms with Gasteiger partial charge in [0.1, 0.15) is 18.5 Å². The monoisotopic (exact) mass is 371 g/mol. The molecule has 3 amide bonds. The molecule has 2 N–H and O–H groups in total. The minimum atomic E-state index is -4.56. The average molecular weight is 371 g/mol. The number of fused-ring (bicyclic) bond motifs is 1. The van der Waals surface area contributed by atoms with E-state index in [-0.39, 0.29) is 5.91 Å². The van der Waals surface area contributed by atoms with Crippen LogP contribution < -0.4 is 10.6 Å². The Bertz CT molecular complexity index is 706. The number of likely N-dealkylation sites (N-methyl/N-ethyl adjacent to an activating group) is 1. The zero-order valence-electron chi connectivity index (χ0n) is 14.4. The smallest absolute Gasteiger partial charge is 0.346 e. The Labute approximate surface area is 148 Å². The summed E-state index contributed by atoms with van der Waals surface area (Å²) in [4.78, 5) is 38.1. The van der Waals surface area contributed by atoms with Crippen LogP contribution in [0.4, 0.5) is 13.2 Å². The Morgan fingerprint density at radius 2 is 1.92 bits per heavy atom. The Morgan fingerprint density at radius 1 is 1.27 bits per heavy atom. The van der Waals surface area contributed by atoms with Crippen LogP contribution >= 0.6 is 0 Å². The van der Waals surface area contributed by atoms with Crippen LogP contribution in [0.2, 0.25) is 0 Å². The van der Waals surface area contributed by atoms with Gasteiger partial charge in [0.2, 0.25) is 17.7 Å². The number of carbonyl (C=O) groups is 3. The first kappa shape index (κ1) is 19.7. The average Bonchev–Trinajstić information content (AvgIpc) is 2.70. The lowest BCUT2D eigenvalue weighted by atomic mass is 9.98. The normalized spacial score (nSPS) is 18.6. The Morgan fingerprint density at radius 3 is 2.58 bits per heavy atom. The Balaban J connectivity index is 2.13. The SMILES string of the molecule is CC(C(=O)NCC(F)(F)F)C(=O)NC1C(=O)N(C)CCc2ccccc21. The number of hydrogen-bond donors (Lipinski definition) is 2. The molecule has 142 valence electrons. The van der Waals surface area contributed by atoms with Crippen molar-refractivity contribution in [1.82, 2.24) is 15.5 Å². The van der Waals surface area contributed by atoms with E-state index in [4.69, 9.17) is 0 Å². The quantitative estimate of drug-likeness (QED) is 0.780. The highest BCUT2D eigenvalue weighted by Gasteiger charge is 2.34. The van der Waals surface area contributed by atoms with Crippen LogP contribution in [-0.2, 0) is 20.8 Å². The van der Waals surface area contributed by atoms with Gasteiger partial charge < -0.3 is 15.5 Å². The van der Waals surface area contributed by atoms with Crippen molar-refractivity contribution < 1.29 is 27.6 Å². The van der Waals surface area contributed by atoms with Crippen molar-refractivity contribution in [2.75, 3.05) is 20.1 Å². The maximum absolute atomic E-state index is 12.6. The summed E-state index contributed by atoms with van der Waals surface area (Å²) in [6.45, 7) is 0.152. The number of carbonyl (C=O) groups excluding carboxylic acids is 3. The second kappa shape index (κ2) is 7.76. The van der Waals surface area contributed by atoms with Crippen molar-refractivity contribution in [3.05, 3.63) is 35.4 Å². The van der Waals surface area contributed by atoms with Crippen LogP contribution in [0, 0.1) is 5.92 Å². The van der Waals surface area contributed by atoms with Crippen LogP contribution in [0.1, 0.15) is 24.1 Å². The molecule has 1 heterocycles. The summed E-state index contributed by atoms with van der Waals surface area (Å²) in [5.41, 5.74) is 1.52. The van der Waals surface area contributed by atoms with Gasteiger partial charge in [-0.05, 0) is 24.5 Å². The molecule has 2 unspecified atom stereocenters. The fourth-order valence-electron chi connectivity index (χ4n) is 2.66. The Kier molecular flexibility index (Phi) is 5.89. The van der Waals surface area contributed by atoms with Crippen molar-refractivity contribution in [2.45, 2.75) is 25.6 Å². The van der Waals surface area contributed by atoms with Gasteiger partial charge in [-0.1, -0.05) is 24.3 Å². The minimum Gasteiger partial charge on any atom is -0.346 e. The van der Waals surface area contributed by atoms with Crippen molar-refractivity contribution in [3.63, 3.8) is 0 Å². The maximum Gasteiger partial charge on any atom is 0.405 e. The molecule has 0 aromatic heterocycles. The number of rotatable bonds is 4. The van der Waals surface area contributed by atoms with Crippen LogP contribution in [0.15, 0.2) is 24.3 Å². The molecule has 0 fully saturated rings. The first-order valence-corrected chi connectivity index (χ1v) is 8.08. The number of benzene rings is 1. The molecule has 26 heavy (non-hydrogen) atoms. The number of hydrogen-bond acceptors (Lipinski definition) is 3. The second-order valence-corrected chi connectivity index (χ2v) is 6.20. The van der Waals surface area contributed by atoms with E-state index in [9.17, 15) is 27.6 Å². The largest absolute Gasteiger partial charge is 0.405 e. The summed E-state index contributed by atoms with van der Waals surface area (Å²) in [7, 11) is 1.60. The first-order valence-electron chi connectivity index (χ1n) is 8.08. The second-order valence-electron chi connectivity index (χ2n) is 6.20. The predicted octanol–water partition coefficient (Wildman–Crippen LogP) is 1.17. The van der Waals surface area contributed by atoms with E-state index in [1.54, 1.807) is 24.5 Å². The highest BCUT2D eigenvalue weighted by Crippen LogP contribution is 2.24. The number of alkyl halides is 3. The lowest BCUT2D eigenvalue weighted by Gasteiger charge is -2.23. The summed E-state index contributed by atoms with van der Waals surface area (Å²) < 4.78 is 36.6. The maximum atomic E-state index is 12.6. The molecule has 0 radical (unpaired) electrons. The van der Waals surface area contributed by atoms with Gasteiger partial charge in [-0.25, -0.2) is 0 Å². The molecule has 0 bridgehead atoms. The molecule has 1 aromatic rings. The van der Waals surface area contributed by atoms with Crippen LogP contribution in [0.25, 0.3) is 0 Å². The molecule has 0 saturated carbocycles. The molecule has 0 saturated heterocycles. The number of nitrogens with zero attached hydrogens (tertiary/aromatic N) is 1. The van der Waals surface area contributed by atoms with Gasteiger partial charge in [0.05, 0.1) is 0 Å². The van der Waals surface area contributed by atoms with E-state index in [0.29, 0.717) is 18.5 Å². The number of halogens is 3. The highest BCUT2D eigenvalue weighted by molar-refractivity contribution is 6.01. The van der Waals surface area contributed by atoms with E-state index in [2.05, 4.69) is 5.32 Å². The van der Waals surface area contributed by atoms with E-state index < -0.39 is 36.5 Å². The first-order chi connectivity index (χ1) is 12.1. The van der Waals surface area contributed by atoms with E-state index in [1.165, 1.54) is 11.8 Å². The molecule has 6 nitrogen and oxygen atoms in total. The third-order valence-electron chi connectivity index (χ3n) is 4.24. The number of amides is 3. The molecule has 1 aliphatic rings. The van der Waals surface area contributed by atoms with Gasteiger partial charge >= 0.3 is 6.18 Å². The summed E-state index contributed by atoms with van der Waals surface area (Å²) in [5, 5.41) is 4.17. The van der Waals surface area contributed by atoms with Crippen molar-refractivity contribution in [1.29, 1.82) is 0 Å². The summed E-state index contributed by atoms with van der Waals surface area (Å²) in [6, 6.07) is 6.13. The highest BCUT2D eigenvalue weighted by atomic mass is 19.4. The van der Waals surface area contributed by atoms with Crippen LogP contribution in [0.3, 0.4) is 0 Å². The topological polar surface area (TPSA) is 78.5 Å². The molecular weight excluding hydrogens is 351 g/mol. The lowest BCUT2D eigenvalue weighted by Crippen LogP contribution is -2.46. The zero-order chi connectivity index (χ0) is 19.5. The van der Waals surface area contributed by atoms with Gasteiger partial charge in [0.25, 0.3) is 0 Å². The minimum absolute atomic E-state index is 0.341. The molecule has 0 spiro atoms. The van der Waals surface area contributed by atoms with Gasteiger partial charge in [0.15, 0.2) is 0 Å². The van der Waals surface area contributed by atoms with Crippen molar-refractivity contribution in [2.24, 2.45) is 5.92 Å². The molecule has 9 heteroatoms. The summed E-state index contributed by atoms with van der Waals surface area (Å²) in [5.74, 6) is -3.58. The van der Waals surface area contributed by atoms with E-state index >= 15 is 0 Å². The number of nitrogens with one attached hydrogen (secondary N) is 2. The van der Waals surface area contributed by atoms with E-state index in [1.807, 2.05) is 12.1 Å². The van der Waals surface area contributed by atoms with Gasteiger partial charge in [0, 0.05) is 13.6 Å². The molecule has 2 atom stereocenters. The van der Waals surface area contributed by atoms with Gasteiger partial charge in [-0.3, -0.25) is 14.4 Å². The molecule has 1 aromatic carbocycles.